The van der Waals surface area contributed by atoms with E-state index in [4.69, 9.17) is 0 Å². The van der Waals surface area contributed by atoms with Gasteiger partial charge in [0.05, 0.1) is 5.30 Å². The minimum Gasteiger partial charge on any atom is -1.00 e. The van der Waals surface area contributed by atoms with Crippen LogP contribution in [0.5, 0.6) is 0 Å². The Bertz CT molecular complexity index is 504. The molecule has 1 rings (SSSR count). The first kappa shape index (κ1) is 20.4. The topological polar surface area (TPSA) is 57.5 Å². The van der Waals surface area contributed by atoms with Gasteiger partial charge in [0.2, 0.25) is 0 Å². The summed E-state index contributed by atoms with van der Waals surface area (Å²) in [6.07, 6.45) is 0. The van der Waals surface area contributed by atoms with Crippen molar-refractivity contribution in [2.24, 2.45) is 0 Å². The maximum Gasteiger partial charge on any atom is 1.00 e. The quantitative estimate of drug-likeness (QED) is 0.587. The molecule has 0 radical (unpaired) electrons. The van der Waals surface area contributed by atoms with Crippen LogP contribution in [0.4, 0.5) is 0 Å². The van der Waals surface area contributed by atoms with Gasteiger partial charge in [-0.3, -0.25) is 4.57 Å². The first-order valence-electron chi connectivity index (χ1n) is 6.46. The molecule has 0 saturated heterocycles. The number of hydrogen-bond donors (Lipinski definition) is 2. The standard InChI is InChI=1S/C15H25O3P.Na.H/c1-10-8-11(14(2,3)4)13(19(16,17)18)12(9-10)15(5,6)7;;/h8-9H,1-7H3,(H2,16,17,18);;/q;+1;-1. The molecule has 0 fully saturated rings. The van der Waals surface area contributed by atoms with E-state index in [0.717, 1.165) is 16.7 Å². The first-order valence-corrected chi connectivity index (χ1v) is 8.07. The average molecular weight is 308 g/mol. The molecule has 0 aromatic heterocycles. The van der Waals surface area contributed by atoms with Crippen molar-refractivity contribution in [1.29, 1.82) is 0 Å². The van der Waals surface area contributed by atoms with Gasteiger partial charge in [-0.15, -0.1) is 0 Å². The molecule has 3 nitrogen and oxygen atoms in total. The van der Waals surface area contributed by atoms with Gasteiger partial charge in [-0.1, -0.05) is 59.2 Å². The van der Waals surface area contributed by atoms with Crippen molar-refractivity contribution < 1.29 is 45.3 Å². The Morgan fingerprint density at radius 1 is 0.950 bits per heavy atom. The maximum atomic E-state index is 12.0. The van der Waals surface area contributed by atoms with Gasteiger partial charge in [-0.05, 0) is 28.9 Å². The van der Waals surface area contributed by atoms with Crippen LogP contribution >= 0.6 is 7.60 Å². The van der Waals surface area contributed by atoms with E-state index in [2.05, 4.69) is 0 Å². The molecule has 0 aliphatic carbocycles. The Morgan fingerprint density at radius 3 is 1.45 bits per heavy atom. The number of benzene rings is 1. The van der Waals surface area contributed by atoms with Crippen molar-refractivity contribution in [3.05, 3.63) is 28.8 Å². The van der Waals surface area contributed by atoms with Crippen molar-refractivity contribution in [3.63, 3.8) is 0 Å². The van der Waals surface area contributed by atoms with E-state index in [9.17, 15) is 14.4 Å². The van der Waals surface area contributed by atoms with Crippen molar-refractivity contribution in [1.82, 2.24) is 0 Å². The zero-order chi connectivity index (χ0) is 15.2. The summed E-state index contributed by atoms with van der Waals surface area (Å²) < 4.78 is 12.0. The molecule has 0 spiro atoms. The third kappa shape index (κ3) is 4.69. The molecule has 2 N–H and O–H groups in total. The van der Waals surface area contributed by atoms with Gasteiger partial charge >= 0.3 is 37.2 Å². The minimum atomic E-state index is -4.31. The Hall–Kier alpha value is 0.370. The Balaban J connectivity index is 0. The molecule has 0 aliphatic rings. The molecule has 20 heavy (non-hydrogen) atoms. The third-order valence-electron chi connectivity index (χ3n) is 3.16. The maximum absolute atomic E-state index is 12.0. The van der Waals surface area contributed by atoms with Crippen LogP contribution < -0.4 is 34.9 Å². The Labute approximate surface area is 146 Å². The number of rotatable bonds is 1. The predicted octanol–water partition coefficient (Wildman–Crippen LogP) is 0.510. The molecular formula is C15H26NaO3P. The van der Waals surface area contributed by atoms with E-state index < -0.39 is 7.60 Å². The zero-order valence-corrected chi connectivity index (χ0v) is 16.8. The van der Waals surface area contributed by atoms with E-state index >= 15 is 0 Å². The van der Waals surface area contributed by atoms with Crippen LogP contribution in [-0.2, 0) is 15.4 Å². The smallest absolute Gasteiger partial charge is 1.00 e. The van der Waals surface area contributed by atoms with Crippen LogP contribution in [0, 0.1) is 6.92 Å². The zero-order valence-electron chi connectivity index (χ0n) is 14.9. The van der Waals surface area contributed by atoms with Crippen LogP contribution in [0.1, 0.15) is 59.7 Å². The average Bonchev–Trinajstić information content (AvgIpc) is 2.11. The van der Waals surface area contributed by atoms with Crippen LogP contribution in [0.15, 0.2) is 12.1 Å². The van der Waals surface area contributed by atoms with Crippen LogP contribution in [-0.4, -0.2) is 9.79 Å². The Morgan fingerprint density at radius 2 is 1.25 bits per heavy atom. The van der Waals surface area contributed by atoms with Gasteiger partial charge in [-0.25, -0.2) is 0 Å². The van der Waals surface area contributed by atoms with E-state index in [1.165, 1.54) is 0 Å². The largest absolute Gasteiger partial charge is 1.00 e. The summed E-state index contributed by atoms with van der Waals surface area (Å²) >= 11 is 0. The fourth-order valence-electron chi connectivity index (χ4n) is 2.24. The summed E-state index contributed by atoms with van der Waals surface area (Å²) in [7, 11) is -4.31. The molecule has 110 valence electrons. The SMILES string of the molecule is Cc1cc(C(C)(C)C)c(P(=O)(O)O)c(C(C)(C)C)c1.[H-].[Na+]. The molecule has 0 bridgehead atoms. The van der Waals surface area contributed by atoms with Gasteiger partial charge in [0.25, 0.3) is 0 Å². The van der Waals surface area contributed by atoms with Crippen molar-refractivity contribution in [2.75, 3.05) is 0 Å². The monoisotopic (exact) mass is 308 g/mol. The van der Waals surface area contributed by atoms with E-state index in [0.29, 0.717) is 0 Å². The van der Waals surface area contributed by atoms with E-state index in [-0.39, 0.29) is 47.1 Å². The molecule has 0 heterocycles. The van der Waals surface area contributed by atoms with Gasteiger partial charge in [0.15, 0.2) is 0 Å². The van der Waals surface area contributed by atoms with Crippen molar-refractivity contribution in [2.45, 2.75) is 59.3 Å². The molecule has 5 heteroatoms. The van der Waals surface area contributed by atoms with Crippen LogP contribution in [0.3, 0.4) is 0 Å². The number of aryl methyl sites for hydroxylation is 1. The normalized spacial score (nSPS) is 13.1. The second-order valence-corrected chi connectivity index (χ2v) is 8.79. The summed E-state index contributed by atoms with van der Waals surface area (Å²) in [4.78, 5) is 19.6. The Kier molecular flexibility index (Phi) is 6.35. The molecule has 1 aromatic carbocycles. The van der Waals surface area contributed by atoms with Crippen LogP contribution in [0.25, 0.3) is 0 Å². The summed E-state index contributed by atoms with van der Waals surface area (Å²) in [5, 5.41) is 0.207. The van der Waals surface area contributed by atoms with Gasteiger partial charge in [0, 0.05) is 0 Å². The van der Waals surface area contributed by atoms with E-state index in [1.54, 1.807) is 0 Å². The molecular weight excluding hydrogens is 282 g/mol. The van der Waals surface area contributed by atoms with Crippen molar-refractivity contribution in [3.8, 4) is 0 Å². The molecule has 0 amide bonds. The molecule has 0 aliphatic heterocycles. The fraction of sp³-hybridized carbons (Fsp3) is 0.600. The number of hydrogen-bond acceptors (Lipinski definition) is 1. The van der Waals surface area contributed by atoms with Crippen molar-refractivity contribution >= 4 is 12.9 Å². The minimum absolute atomic E-state index is 0. The summed E-state index contributed by atoms with van der Waals surface area (Å²) in [5.41, 5.74) is 1.91. The van der Waals surface area contributed by atoms with Gasteiger partial charge in [0.1, 0.15) is 0 Å². The van der Waals surface area contributed by atoms with E-state index in [1.807, 2.05) is 60.6 Å². The second kappa shape index (κ2) is 6.24. The summed E-state index contributed by atoms with van der Waals surface area (Å²) in [6, 6.07) is 3.79. The summed E-state index contributed by atoms with van der Waals surface area (Å²) in [5.74, 6) is 0. The molecule has 1 aromatic rings. The third-order valence-corrected chi connectivity index (χ3v) is 4.23. The van der Waals surface area contributed by atoms with Gasteiger partial charge < -0.3 is 11.2 Å². The van der Waals surface area contributed by atoms with Crippen LogP contribution in [0.2, 0.25) is 0 Å². The molecule has 0 unspecified atom stereocenters. The van der Waals surface area contributed by atoms with Gasteiger partial charge in [-0.2, -0.15) is 0 Å². The molecule has 0 atom stereocenters. The summed E-state index contributed by atoms with van der Waals surface area (Å²) in [6.45, 7) is 13.8. The first-order chi connectivity index (χ1) is 8.24. The second-order valence-electron chi connectivity index (χ2n) is 7.25. The molecule has 0 saturated carbocycles. The fourth-order valence-corrected chi connectivity index (χ4v) is 3.66. The predicted molar refractivity (Wildman–Crippen MR) is 81.4 cm³/mol.